The van der Waals surface area contributed by atoms with Crippen LogP contribution in [0.5, 0.6) is 0 Å². The number of aromatic nitrogens is 3. The Balaban J connectivity index is 1.89. The molecule has 0 fully saturated rings. The molecule has 0 saturated carbocycles. The van der Waals surface area contributed by atoms with E-state index < -0.39 is 32.9 Å². The number of nitrogens with zero attached hydrogens (tertiary/aromatic N) is 4. The highest BCUT2D eigenvalue weighted by Gasteiger charge is 2.51. The molecule has 2 unspecified atom stereocenters. The van der Waals surface area contributed by atoms with Gasteiger partial charge in [0, 0.05) is 25.0 Å². The lowest BCUT2D eigenvalue weighted by Crippen LogP contribution is -2.52. The third-order valence-corrected chi connectivity index (χ3v) is 6.21. The number of anilines is 1. The van der Waals surface area contributed by atoms with Crippen molar-refractivity contribution in [3.63, 3.8) is 0 Å². The smallest absolute Gasteiger partial charge is 0.429 e. The van der Waals surface area contributed by atoms with Crippen LogP contribution in [0.15, 0.2) is 65.0 Å². The molecule has 0 spiro atoms. The second-order valence-electron chi connectivity index (χ2n) is 7.50. The first-order valence-electron chi connectivity index (χ1n) is 9.56. The van der Waals surface area contributed by atoms with E-state index in [-0.39, 0.29) is 17.3 Å². The Hall–Kier alpha value is -3.45. The van der Waals surface area contributed by atoms with Gasteiger partial charge in [-0.1, -0.05) is 18.2 Å². The van der Waals surface area contributed by atoms with E-state index in [1.807, 2.05) is 0 Å². The summed E-state index contributed by atoms with van der Waals surface area (Å²) >= 11 is 0. The minimum Gasteiger partial charge on any atom is -0.461 e. The lowest BCUT2D eigenvalue weighted by atomic mass is 9.95. The fourth-order valence-corrected chi connectivity index (χ4v) is 3.95. The monoisotopic (exact) mass is 480 g/mol. The van der Waals surface area contributed by atoms with Gasteiger partial charge < -0.3 is 14.6 Å². The van der Waals surface area contributed by atoms with Crippen LogP contribution in [0.4, 0.5) is 24.5 Å². The van der Waals surface area contributed by atoms with E-state index in [9.17, 15) is 21.6 Å². The number of ether oxygens (including phenoxy) is 1. The van der Waals surface area contributed by atoms with Crippen LogP contribution in [0.2, 0.25) is 0 Å². The number of fused-ring (bicyclic) bond motifs is 1. The van der Waals surface area contributed by atoms with Crippen molar-refractivity contribution in [3.8, 4) is 0 Å². The van der Waals surface area contributed by atoms with Gasteiger partial charge >= 0.3 is 6.18 Å². The van der Waals surface area contributed by atoms with Gasteiger partial charge in [0.15, 0.2) is 10.6 Å². The van der Waals surface area contributed by atoms with Crippen molar-refractivity contribution in [2.75, 3.05) is 11.9 Å². The van der Waals surface area contributed by atoms with Gasteiger partial charge in [-0.05, 0) is 25.1 Å². The largest absolute Gasteiger partial charge is 0.461 e. The summed E-state index contributed by atoms with van der Waals surface area (Å²) in [6, 6.07) is 9.38. The molecule has 13 heteroatoms. The predicted octanol–water partition coefficient (Wildman–Crippen LogP) is 3.17. The molecule has 0 bridgehead atoms. The summed E-state index contributed by atoms with van der Waals surface area (Å²) in [6.45, 7) is 1.52. The Kier molecular flexibility index (Phi) is 5.41. The van der Waals surface area contributed by atoms with Crippen molar-refractivity contribution in [2.45, 2.75) is 29.8 Å². The first-order chi connectivity index (χ1) is 15.4. The number of aliphatic imine (C=N–C) groups is 1. The topological polar surface area (TPSA) is 127 Å². The number of nitrogens with two attached hydrogens (primary N) is 1. The highest BCUT2D eigenvalue weighted by molar-refractivity contribution is 7.89. The van der Waals surface area contributed by atoms with E-state index in [0.29, 0.717) is 11.4 Å². The maximum absolute atomic E-state index is 14.0. The summed E-state index contributed by atoms with van der Waals surface area (Å²) in [5, 5.41) is 4.77. The van der Waals surface area contributed by atoms with Crippen LogP contribution in [0, 0.1) is 0 Å². The molecular weight excluding hydrogens is 461 g/mol. The molecular formula is C20H19F3N6O3S. The average Bonchev–Trinajstić information content (AvgIpc) is 3.26. The Bertz CT molecular complexity index is 1310. The van der Waals surface area contributed by atoms with Gasteiger partial charge in [0.2, 0.25) is 12.0 Å². The Labute approximate surface area is 187 Å². The van der Waals surface area contributed by atoms with Crippen molar-refractivity contribution < 1.29 is 26.3 Å². The Morgan fingerprint density at radius 1 is 1.18 bits per heavy atom. The third kappa shape index (κ3) is 4.04. The molecule has 0 saturated heterocycles. The molecule has 1 aromatic carbocycles. The SMILES string of the molecule is CN1c2ccccc2N=C(OC(c2cccnc2)C(F)(F)F)C1(C)c1ncc(S(N)(=O)=O)[nH]1. The Morgan fingerprint density at radius 3 is 2.52 bits per heavy atom. The minimum atomic E-state index is -4.79. The normalized spacial score (nSPS) is 19.6. The van der Waals surface area contributed by atoms with Gasteiger partial charge in [-0.25, -0.2) is 23.5 Å². The number of benzene rings is 1. The van der Waals surface area contributed by atoms with Crippen molar-refractivity contribution in [1.82, 2.24) is 15.0 Å². The maximum Gasteiger partial charge on any atom is 0.429 e. The van der Waals surface area contributed by atoms with E-state index in [0.717, 1.165) is 12.4 Å². The molecule has 4 rings (SSSR count). The lowest BCUT2D eigenvalue weighted by molar-refractivity contribution is -0.203. The number of primary sulfonamides is 1. The van der Waals surface area contributed by atoms with Crippen LogP contribution in [0.1, 0.15) is 24.4 Å². The van der Waals surface area contributed by atoms with E-state index in [2.05, 4.69) is 19.9 Å². The van der Waals surface area contributed by atoms with Gasteiger partial charge in [0.05, 0.1) is 17.6 Å². The zero-order chi connectivity index (χ0) is 24.0. The molecule has 0 radical (unpaired) electrons. The average molecular weight is 480 g/mol. The number of pyridine rings is 1. The van der Waals surface area contributed by atoms with E-state index in [1.54, 1.807) is 36.2 Å². The number of likely N-dealkylation sites (N-methyl/N-ethyl adjacent to an activating group) is 1. The summed E-state index contributed by atoms with van der Waals surface area (Å²) < 4.78 is 71.1. The van der Waals surface area contributed by atoms with Gasteiger partial charge in [-0.15, -0.1) is 0 Å². The van der Waals surface area contributed by atoms with Gasteiger partial charge in [0.25, 0.3) is 10.0 Å². The molecule has 2 aromatic heterocycles. The van der Waals surface area contributed by atoms with E-state index >= 15 is 0 Å². The molecule has 2 atom stereocenters. The van der Waals surface area contributed by atoms with Gasteiger partial charge in [-0.2, -0.15) is 13.2 Å². The second kappa shape index (κ2) is 7.85. The number of aromatic amines is 1. The number of hydrogen-bond acceptors (Lipinski definition) is 7. The molecule has 174 valence electrons. The summed E-state index contributed by atoms with van der Waals surface area (Å²) in [5.74, 6) is -0.361. The quantitative estimate of drug-likeness (QED) is 0.591. The number of imidazole rings is 1. The fraction of sp³-hybridized carbons (Fsp3) is 0.250. The first-order valence-corrected chi connectivity index (χ1v) is 11.1. The number of H-pyrrole nitrogens is 1. The van der Waals surface area contributed by atoms with Crippen LogP contribution in [0.3, 0.4) is 0 Å². The van der Waals surface area contributed by atoms with Crippen molar-refractivity contribution in [1.29, 1.82) is 0 Å². The standard InChI is InChI=1S/C20H19F3N6O3S/c1-19(17-26-11-15(28-17)33(24,30)31)18(27-13-7-3-4-8-14(13)29(19)2)32-16(20(21,22)23)12-6-5-9-25-10-12/h3-11,16H,1-2H3,(H,26,28)(H2,24,30,31). The van der Waals surface area contributed by atoms with Gasteiger partial charge in [-0.3, -0.25) is 4.98 Å². The molecule has 0 aliphatic carbocycles. The predicted molar refractivity (Wildman–Crippen MR) is 113 cm³/mol. The molecule has 9 nitrogen and oxygen atoms in total. The van der Waals surface area contributed by atoms with Crippen molar-refractivity contribution in [3.05, 3.63) is 66.4 Å². The minimum absolute atomic E-state index is 0.0191. The number of halogens is 3. The summed E-state index contributed by atoms with van der Waals surface area (Å²) in [7, 11) is -2.52. The third-order valence-electron chi connectivity index (χ3n) is 5.39. The zero-order valence-corrected chi connectivity index (χ0v) is 18.2. The van der Waals surface area contributed by atoms with Crippen LogP contribution in [0.25, 0.3) is 0 Å². The first kappa shape index (κ1) is 22.7. The summed E-state index contributed by atoms with van der Waals surface area (Å²) in [4.78, 5) is 16.4. The van der Waals surface area contributed by atoms with Crippen LogP contribution >= 0.6 is 0 Å². The number of nitrogens with one attached hydrogen (secondary N) is 1. The lowest BCUT2D eigenvalue weighted by Gasteiger charge is -2.43. The molecule has 1 aliphatic heterocycles. The maximum atomic E-state index is 14.0. The number of hydrogen-bond donors (Lipinski definition) is 2. The highest BCUT2D eigenvalue weighted by atomic mass is 32.2. The summed E-state index contributed by atoms with van der Waals surface area (Å²) in [5.41, 5.74) is -0.812. The van der Waals surface area contributed by atoms with Crippen LogP contribution in [-0.4, -0.2) is 42.5 Å². The fourth-order valence-electron chi connectivity index (χ4n) is 3.51. The van der Waals surface area contributed by atoms with E-state index in [4.69, 9.17) is 9.88 Å². The molecule has 1 aliphatic rings. The van der Waals surface area contributed by atoms with Crippen molar-refractivity contribution >= 4 is 27.3 Å². The Morgan fingerprint density at radius 2 is 1.91 bits per heavy atom. The van der Waals surface area contributed by atoms with Crippen LogP contribution in [-0.2, 0) is 20.3 Å². The molecule has 33 heavy (non-hydrogen) atoms. The van der Waals surface area contributed by atoms with Gasteiger partial charge in [0.1, 0.15) is 5.82 Å². The summed E-state index contributed by atoms with van der Waals surface area (Å²) in [6.07, 6.45) is -3.78. The molecule has 3 N–H and O–H groups in total. The number of alkyl halides is 3. The molecule has 3 heterocycles. The highest BCUT2D eigenvalue weighted by Crippen LogP contribution is 2.45. The van der Waals surface area contributed by atoms with Crippen molar-refractivity contribution in [2.24, 2.45) is 10.1 Å². The molecule has 3 aromatic rings. The van der Waals surface area contributed by atoms with Crippen LogP contribution < -0.4 is 10.0 Å². The number of rotatable bonds is 4. The number of para-hydroxylation sites is 2. The zero-order valence-electron chi connectivity index (χ0n) is 17.4. The van der Waals surface area contributed by atoms with E-state index in [1.165, 1.54) is 25.3 Å². The molecule has 0 amide bonds. The number of sulfonamides is 1. The second-order valence-corrected chi connectivity index (χ2v) is 9.03.